The smallest absolute Gasteiger partial charge is 0.107 e. The fourth-order valence-electron chi connectivity index (χ4n) is 1.08. The largest absolute Gasteiger partial charge is 0.378 e. The van der Waals surface area contributed by atoms with E-state index in [4.69, 9.17) is 18.9 Å². The van der Waals surface area contributed by atoms with Crippen LogP contribution in [-0.4, -0.2) is 65.3 Å². The van der Waals surface area contributed by atoms with Crippen molar-refractivity contribution in [1.29, 1.82) is 0 Å². The molecule has 0 aliphatic rings. The first kappa shape index (κ1) is 18.7. The number of hydrogen-bond donors (Lipinski definition) is 2. The van der Waals surface area contributed by atoms with Crippen molar-refractivity contribution in [1.82, 2.24) is 5.32 Å². The highest BCUT2D eigenvalue weighted by Gasteiger charge is 1.92. The van der Waals surface area contributed by atoms with Gasteiger partial charge < -0.3 is 24.3 Å². The third-order valence-corrected chi connectivity index (χ3v) is 2.23. The predicted octanol–water partition coefficient (Wildman–Crippen LogP) is 0.553. The Morgan fingerprint density at radius 1 is 0.842 bits per heavy atom. The van der Waals surface area contributed by atoms with Gasteiger partial charge in [-0.3, -0.25) is 0 Å². The maximum Gasteiger partial charge on any atom is 0.107 e. The van der Waals surface area contributed by atoms with Crippen molar-refractivity contribution in [3.63, 3.8) is 0 Å². The summed E-state index contributed by atoms with van der Waals surface area (Å²) in [5.74, 6) is 6.25. The lowest BCUT2D eigenvalue weighted by atomic mass is 10.6. The standard InChI is InChI=1S/C13H25NO4S/c1-2-3-5-15-7-9-17-11-12-18-10-8-16-6-4-14-13-19/h14,19H,4-13H2,1H3. The highest BCUT2D eigenvalue weighted by Crippen LogP contribution is 1.82. The summed E-state index contributed by atoms with van der Waals surface area (Å²) in [4.78, 5) is 0. The topological polar surface area (TPSA) is 49.0 Å². The molecule has 0 fully saturated rings. The van der Waals surface area contributed by atoms with E-state index < -0.39 is 0 Å². The monoisotopic (exact) mass is 291 g/mol. The van der Waals surface area contributed by atoms with E-state index in [1.807, 2.05) is 0 Å². The Kier molecular flexibility index (Phi) is 17.4. The van der Waals surface area contributed by atoms with Gasteiger partial charge in [-0.2, -0.15) is 12.6 Å². The molecule has 0 aromatic heterocycles. The fraction of sp³-hybridized carbons (Fsp3) is 0.846. The molecule has 0 radical (unpaired) electrons. The van der Waals surface area contributed by atoms with E-state index in [0.717, 1.165) is 6.54 Å². The van der Waals surface area contributed by atoms with Crippen LogP contribution in [0.3, 0.4) is 0 Å². The van der Waals surface area contributed by atoms with Gasteiger partial charge in [0.2, 0.25) is 0 Å². The van der Waals surface area contributed by atoms with E-state index in [-0.39, 0.29) is 0 Å². The van der Waals surface area contributed by atoms with Crippen LogP contribution in [0.25, 0.3) is 0 Å². The highest BCUT2D eigenvalue weighted by molar-refractivity contribution is 7.80. The van der Waals surface area contributed by atoms with Crippen LogP contribution in [0.5, 0.6) is 0 Å². The van der Waals surface area contributed by atoms with Gasteiger partial charge in [-0.1, -0.05) is 5.92 Å². The average Bonchev–Trinajstić information content (AvgIpc) is 2.43. The predicted molar refractivity (Wildman–Crippen MR) is 78.6 cm³/mol. The van der Waals surface area contributed by atoms with Crippen LogP contribution in [0.1, 0.15) is 6.92 Å². The van der Waals surface area contributed by atoms with Gasteiger partial charge in [-0.25, -0.2) is 0 Å². The molecule has 1 N–H and O–H groups in total. The second-order valence-electron chi connectivity index (χ2n) is 3.47. The minimum atomic E-state index is 0.468. The second kappa shape index (κ2) is 17.7. The molecule has 112 valence electrons. The summed E-state index contributed by atoms with van der Waals surface area (Å²) >= 11 is 4.02. The molecular formula is C13H25NO4S. The van der Waals surface area contributed by atoms with Crippen LogP contribution >= 0.6 is 12.6 Å². The molecule has 0 aromatic rings. The molecular weight excluding hydrogens is 266 g/mol. The molecule has 0 rings (SSSR count). The van der Waals surface area contributed by atoms with E-state index in [1.165, 1.54) is 0 Å². The molecule has 0 spiro atoms. The lowest BCUT2D eigenvalue weighted by Crippen LogP contribution is -2.19. The Labute approximate surface area is 121 Å². The van der Waals surface area contributed by atoms with Crippen molar-refractivity contribution in [3.05, 3.63) is 0 Å². The third-order valence-electron chi connectivity index (χ3n) is 2.00. The van der Waals surface area contributed by atoms with Crippen molar-refractivity contribution < 1.29 is 18.9 Å². The number of ether oxygens (including phenoxy) is 4. The van der Waals surface area contributed by atoms with E-state index >= 15 is 0 Å². The molecule has 0 heterocycles. The summed E-state index contributed by atoms with van der Waals surface area (Å²) in [6.07, 6.45) is 0. The summed E-state index contributed by atoms with van der Waals surface area (Å²) < 4.78 is 21.2. The highest BCUT2D eigenvalue weighted by atomic mass is 32.1. The molecule has 0 saturated carbocycles. The first-order valence-electron chi connectivity index (χ1n) is 6.44. The van der Waals surface area contributed by atoms with Gasteiger partial charge in [0.15, 0.2) is 0 Å². The maximum atomic E-state index is 5.34. The van der Waals surface area contributed by atoms with Crippen LogP contribution in [-0.2, 0) is 18.9 Å². The van der Waals surface area contributed by atoms with Gasteiger partial charge in [0.25, 0.3) is 0 Å². The summed E-state index contributed by atoms with van der Waals surface area (Å²) in [5, 5.41) is 3.05. The summed E-state index contributed by atoms with van der Waals surface area (Å²) in [6, 6.07) is 0. The van der Waals surface area contributed by atoms with E-state index in [1.54, 1.807) is 6.92 Å². The lowest BCUT2D eigenvalue weighted by molar-refractivity contribution is 0.00179. The molecule has 19 heavy (non-hydrogen) atoms. The molecule has 0 atom stereocenters. The van der Waals surface area contributed by atoms with Gasteiger partial charge in [0.05, 0.1) is 46.2 Å². The van der Waals surface area contributed by atoms with Crippen LogP contribution < -0.4 is 5.32 Å². The minimum Gasteiger partial charge on any atom is -0.378 e. The molecule has 0 aliphatic heterocycles. The molecule has 0 amide bonds. The van der Waals surface area contributed by atoms with E-state index in [2.05, 4.69) is 29.8 Å². The fourth-order valence-corrected chi connectivity index (χ4v) is 1.24. The number of nitrogens with one attached hydrogen (secondary N) is 1. The van der Waals surface area contributed by atoms with Crippen LogP contribution in [0.2, 0.25) is 0 Å². The van der Waals surface area contributed by atoms with Crippen molar-refractivity contribution >= 4 is 12.6 Å². The van der Waals surface area contributed by atoms with Crippen LogP contribution in [0, 0.1) is 11.8 Å². The molecule has 0 aromatic carbocycles. The third kappa shape index (κ3) is 17.7. The summed E-state index contributed by atoms with van der Waals surface area (Å²) in [5.41, 5.74) is 0. The quantitative estimate of drug-likeness (QED) is 0.212. The van der Waals surface area contributed by atoms with Gasteiger partial charge >= 0.3 is 0 Å². The zero-order valence-corrected chi connectivity index (χ0v) is 12.5. The van der Waals surface area contributed by atoms with Gasteiger partial charge in [-0.15, -0.1) is 5.92 Å². The van der Waals surface area contributed by atoms with Crippen molar-refractivity contribution in [2.45, 2.75) is 6.92 Å². The van der Waals surface area contributed by atoms with Gasteiger partial charge in [0.1, 0.15) is 6.61 Å². The Hall–Kier alpha value is -0.290. The zero-order chi connectivity index (χ0) is 14.0. The Morgan fingerprint density at radius 2 is 1.37 bits per heavy atom. The molecule has 0 bridgehead atoms. The lowest BCUT2D eigenvalue weighted by Gasteiger charge is -2.07. The summed E-state index contributed by atoms with van der Waals surface area (Å²) in [7, 11) is 0. The Morgan fingerprint density at radius 3 is 1.89 bits per heavy atom. The molecule has 5 nitrogen and oxygen atoms in total. The first-order valence-corrected chi connectivity index (χ1v) is 7.07. The van der Waals surface area contributed by atoms with Gasteiger partial charge in [-0.05, 0) is 6.92 Å². The van der Waals surface area contributed by atoms with Crippen molar-refractivity contribution in [3.8, 4) is 11.8 Å². The van der Waals surface area contributed by atoms with Crippen molar-refractivity contribution in [2.75, 3.05) is 65.3 Å². The summed E-state index contributed by atoms with van der Waals surface area (Å²) in [6.45, 7) is 7.23. The first-order chi connectivity index (χ1) is 9.41. The van der Waals surface area contributed by atoms with Crippen LogP contribution in [0.4, 0.5) is 0 Å². The number of rotatable bonds is 14. The zero-order valence-electron chi connectivity index (χ0n) is 11.7. The van der Waals surface area contributed by atoms with E-state index in [0.29, 0.717) is 58.7 Å². The Balaban J connectivity index is 2.92. The minimum absolute atomic E-state index is 0.468. The normalized spacial score (nSPS) is 10.2. The Bertz CT molecular complexity index is 230. The molecule has 0 unspecified atom stereocenters. The number of hydrogen-bond acceptors (Lipinski definition) is 6. The molecule has 0 aliphatic carbocycles. The molecule has 6 heteroatoms. The second-order valence-corrected chi connectivity index (χ2v) is 3.79. The maximum absolute atomic E-state index is 5.34. The van der Waals surface area contributed by atoms with Gasteiger partial charge in [0, 0.05) is 12.4 Å². The average molecular weight is 291 g/mol. The SMILES string of the molecule is CC#CCOCCOCCOCCOCCNCS. The molecule has 0 saturated heterocycles. The van der Waals surface area contributed by atoms with Crippen molar-refractivity contribution in [2.24, 2.45) is 0 Å². The van der Waals surface area contributed by atoms with Crippen LogP contribution in [0.15, 0.2) is 0 Å². The number of thiol groups is 1. The van der Waals surface area contributed by atoms with E-state index in [9.17, 15) is 0 Å².